The molecule has 0 unspecified atom stereocenters. The van der Waals surface area contributed by atoms with Crippen LogP contribution in [0, 0.1) is 18.3 Å². The van der Waals surface area contributed by atoms with Gasteiger partial charge in [0, 0.05) is 24.0 Å². The van der Waals surface area contributed by atoms with Gasteiger partial charge in [0.25, 0.3) is 0 Å². The van der Waals surface area contributed by atoms with Crippen LogP contribution in [-0.4, -0.2) is 17.0 Å². The third-order valence-electron chi connectivity index (χ3n) is 4.02. The second kappa shape index (κ2) is 6.49. The van der Waals surface area contributed by atoms with Gasteiger partial charge in [0.05, 0.1) is 5.69 Å². The molecule has 2 aromatic carbocycles. The normalized spacial score (nSPS) is 10.3. The van der Waals surface area contributed by atoms with Crippen LogP contribution in [0.2, 0.25) is 0 Å². The van der Waals surface area contributed by atoms with E-state index in [1.54, 1.807) is 0 Å². The van der Waals surface area contributed by atoms with Crippen LogP contribution >= 0.6 is 0 Å². The van der Waals surface area contributed by atoms with Crippen LogP contribution in [0.1, 0.15) is 11.1 Å². The smallest absolute Gasteiger partial charge is 0.222 e. The van der Waals surface area contributed by atoms with E-state index in [0.717, 1.165) is 16.9 Å². The average molecular weight is 330 g/mol. The number of nitriles is 1. The molecule has 0 aliphatic heterocycles. The number of nitrogens with zero attached hydrogens (tertiary/aromatic N) is 4. The highest BCUT2D eigenvalue weighted by molar-refractivity contribution is 5.75. The zero-order valence-corrected chi connectivity index (χ0v) is 14.1. The minimum atomic E-state index is 0.0485. The summed E-state index contributed by atoms with van der Waals surface area (Å²) in [6, 6.07) is 18.0. The predicted octanol–water partition coefficient (Wildman–Crippen LogP) is 3.26. The number of hydrogen-bond donors (Lipinski definition) is 2. The molecule has 0 bridgehead atoms. The highest BCUT2D eigenvalue weighted by Gasteiger charge is 2.13. The maximum Gasteiger partial charge on any atom is 0.222 e. The van der Waals surface area contributed by atoms with Gasteiger partial charge in [0.15, 0.2) is 0 Å². The SMILES string of the molecule is Cc1ccc(N(C)c2ccc(-c3nc(N)nc(N)c3C#N)cc2)cc1. The van der Waals surface area contributed by atoms with Gasteiger partial charge >= 0.3 is 0 Å². The second-order valence-corrected chi connectivity index (χ2v) is 5.74. The van der Waals surface area contributed by atoms with Crippen LogP contribution in [-0.2, 0) is 0 Å². The molecule has 6 heteroatoms. The van der Waals surface area contributed by atoms with Gasteiger partial charge < -0.3 is 16.4 Å². The monoisotopic (exact) mass is 330 g/mol. The summed E-state index contributed by atoms with van der Waals surface area (Å²) in [5.74, 6) is 0.137. The maximum absolute atomic E-state index is 9.31. The zero-order chi connectivity index (χ0) is 18.0. The summed E-state index contributed by atoms with van der Waals surface area (Å²) >= 11 is 0. The molecule has 0 aliphatic carbocycles. The van der Waals surface area contributed by atoms with E-state index in [-0.39, 0.29) is 17.3 Å². The third kappa shape index (κ3) is 3.21. The summed E-state index contributed by atoms with van der Waals surface area (Å²) in [6.07, 6.45) is 0. The van der Waals surface area contributed by atoms with Crippen LogP contribution in [0.15, 0.2) is 48.5 Å². The molecule has 0 amide bonds. The number of anilines is 4. The van der Waals surface area contributed by atoms with Crippen molar-refractivity contribution in [3.63, 3.8) is 0 Å². The highest BCUT2D eigenvalue weighted by Crippen LogP contribution is 2.29. The minimum Gasteiger partial charge on any atom is -0.382 e. The van der Waals surface area contributed by atoms with E-state index in [2.05, 4.69) is 46.1 Å². The molecule has 124 valence electrons. The van der Waals surface area contributed by atoms with Crippen molar-refractivity contribution < 1.29 is 0 Å². The summed E-state index contributed by atoms with van der Waals surface area (Å²) in [6.45, 7) is 2.06. The fourth-order valence-electron chi connectivity index (χ4n) is 2.58. The molecule has 0 atom stereocenters. The highest BCUT2D eigenvalue weighted by atomic mass is 15.1. The molecule has 3 rings (SSSR count). The molecule has 1 aromatic heterocycles. The van der Waals surface area contributed by atoms with Gasteiger partial charge in [-0.1, -0.05) is 29.8 Å². The number of hydrogen-bond acceptors (Lipinski definition) is 6. The first-order valence-electron chi connectivity index (χ1n) is 7.73. The fourth-order valence-corrected chi connectivity index (χ4v) is 2.58. The molecule has 0 aliphatic rings. The lowest BCUT2D eigenvalue weighted by atomic mass is 10.1. The van der Waals surface area contributed by atoms with E-state index in [4.69, 9.17) is 11.5 Å². The molecule has 6 nitrogen and oxygen atoms in total. The topological polar surface area (TPSA) is 105 Å². The predicted molar refractivity (Wildman–Crippen MR) is 100 cm³/mol. The number of rotatable bonds is 3. The quantitative estimate of drug-likeness (QED) is 0.763. The minimum absolute atomic E-state index is 0.0485. The van der Waals surface area contributed by atoms with E-state index < -0.39 is 0 Å². The molecule has 25 heavy (non-hydrogen) atoms. The first-order chi connectivity index (χ1) is 12.0. The van der Waals surface area contributed by atoms with Crippen LogP contribution in [0.4, 0.5) is 23.1 Å². The molecule has 0 radical (unpaired) electrons. The number of benzene rings is 2. The Morgan fingerprint density at radius 2 is 1.48 bits per heavy atom. The summed E-state index contributed by atoms with van der Waals surface area (Å²) in [5.41, 5.74) is 16.2. The van der Waals surface area contributed by atoms with Crippen molar-refractivity contribution in [2.24, 2.45) is 0 Å². The van der Waals surface area contributed by atoms with E-state index in [1.807, 2.05) is 37.4 Å². The Bertz CT molecular complexity index is 939. The summed E-state index contributed by atoms with van der Waals surface area (Å²) < 4.78 is 0. The molecular formula is C19H18N6. The number of aryl methyl sites for hydroxylation is 1. The summed E-state index contributed by atoms with van der Waals surface area (Å²) in [7, 11) is 2.00. The van der Waals surface area contributed by atoms with Gasteiger partial charge in [-0.05, 0) is 31.2 Å². The lowest BCUT2D eigenvalue weighted by molar-refractivity contribution is 1.18. The molecule has 0 spiro atoms. The largest absolute Gasteiger partial charge is 0.382 e. The second-order valence-electron chi connectivity index (χ2n) is 5.74. The average Bonchev–Trinajstić information content (AvgIpc) is 2.61. The Kier molecular flexibility index (Phi) is 4.23. The summed E-state index contributed by atoms with van der Waals surface area (Å²) in [4.78, 5) is 10.1. The van der Waals surface area contributed by atoms with Gasteiger partial charge in [-0.15, -0.1) is 0 Å². The molecular weight excluding hydrogens is 312 g/mol. The number of nitrogens with two attached hydrogens (primary N) is 2. The van der Waals surface area contributed by atoms with E-state index in [1.165, 1.54) is 5.56 Å². The number of aromatic nitrogens is 2. The molecule has 3 aromatic rings. The summed E-state index contributed by atoms with van der Waals surface area (Å²) in [5, 5.41) is 9.31. The lowest BCUT2D eigenvalue weighted by Crippen LogP contribution is -2.09. The van der Waals surface area contributed by atoms with Crippen LogP contribution in [0.5, 0.6) is 0 Å². The maximum atomic E-state index is 9.31. The Hall–Kier alpha value is -3.59. The van der Waals surface area contributed by atoms with Gasteiger partial charge in [-0.25, -0.2) is 4.98 Å². The van der Waals surface area contributed by atoms with E-state index in [9.17, 15) is 5.26 Å². The Morgan fingerprint density at radius 3 is 2.04 bits per heavy atom. The van der Waals surface area contributed by atoms with Crippen molar-refractivity contribution in [1.82, 2.24) is 9.97 Å². The van der Waals surface area contributed by atoms with Gasteiger partial charge in [-0.2, -0.15) is 10.2 Å². The van der Waals surface area contributed by atoms with Crippen molar-refractivity contribution in [3.8, 4) is 17.3 Å². The molecule has 0 saturated carbocycles. The van der Waals surface area contributed by atoms with Crippen molar-refractivity contribution >= 4 is 23.1 Å². The van der Waals surface area contributed by atoms with Crippen LogP contribution in [0.25, 0.3) is 11.3 Å². The standard InChI is InChI=1S/C19H18N6/c1-12-3-7-14(8-4-12)25(2)15-9-5-13(6-10-15)17-16(11-20)18(21)24-19(22)23-17/h3-10H,1-2H3,(H4,21,22,23,24). The van der Waals surface area contributed by atoms with E-state index >= 15 is 0 Å². The van der Waals surface area contributed by atoms with Crippen molar-refractivity contribution in [1.29, 1.82) is 5.26 Å². The van der Waals surface area contributed by atoms with Gasteiger partial charge in [0.2, 0.25) is 5.95 Å². The first kappa shape index (κ1) is 16.3. The zero-order valence-electron chi connectivity index (χ0n) is 14.1. The fraction of sp³-hybridized carbons (Fsp3) is 0.105. The van der Waals surface area contributed by atoms with Crippen molar-refractivity contribution in [3.05, 3.63) is 59.7 Å². The van der Waals surface area contributed by atoms with E-state index in [0.29, 0.717) is 5.69 Å². The van der Waals surface area contributed by atoms with Crippen LogP contribution in [0.3, 0.4) is 0 Å². The number of nitrogen functional groups attached to an aromatic ring is 2. The molecule has 0 saturated heterocycles. The Labute approximate surface area is 146 Å². The first-order valence-corrected chi connectivity index (χ1v) is 7.73. The molecule has 4 N–H and O–H groups in total. The molecule has 0 fully saturated rings. The van der Waals surface area contributed by atoms with Gasteiger partial charge in [0.1, 0.15) is 17.5 Å². The van der Waals surface area contributed by atoms with Crippen LogP contribution < -0.4 is 16.4 Å². The van der Waals surface area contributed by atoms with Gasteiger partial charge in [-0.3, -0.25) is 0 Å². The Balaban J connectivity index is 1.96. The Morgan fingerprint density at radius 1 is 0.920 bits per heavy atom. The third-order valence-corrected chi connectivity index (χ3v) is 4.02. The molecule has 1 heterocycles. The van der Waals surface area contributed by atoms with Crippen molar-refractivity contribution in [2.75, 3.05) is 23.4 Å². The van der Waals surface area contributed by atoms with Crippen molar-refractivity contribution in [2.45, 2.75) is 6.92 Å². The lowest BCUT2D eigenvalue weighted by Gasteiger charge is -2.20.